The number of nitrogens with zero attached hydrogens (tertiary/aromatic N) is 4. The number of piperazine rings is 1. The summed E-state index contributed by atoms with van der Waals surface area (Å²) in [5.74, 6) is 1.26. The second-order valence-electron chi connectivity index (χ2n) is 7.40. The van der Waals surface area contributed by atoms with Crippen LogP contribution in [0.25, 0.3) is 0 Å². The molecule has 1 saturated heterocycles. The first kappa shape index (κ1) is 20.6. The van der Waals surface area contributed by atoms with Gasteiger partial charge in [-0.05, 0) is 49.2 Å². The molecule has 156 valence electrons. The Labute approximate surface area is 186 Å². The lowest BCUT2D eigenvalue weighted by Gasteiger charge is -2.38. The summed E-state index contributed by atoms with van der Waals surface area (Å²) < 4.78 is 0. The number of anilines is 5. The summed E-state index contributed by atoms with van der Waals surface area (Å²) in [4.78, 5) is 13.4. The van der Waals surface area contributed by atoms with Crippen molar-refractivity contribution in [3.63, 3.8) is 0 Å². The summed E-state index contributed by atoms with van der Waals surface area (Å²) in [6.45, 7) is 7.79. The van der Waals surface area contributed by atoms with Crippen molar-refractivity contribution in [2.45, 2.75) is 13.8 Å². The Bertz CT molecular complexity index is 1060. The first-order chi connectivity index (χ1) is 14.4. The predicted molar refractivity (Wildman–Crippen MR) is 127 cm³/mol. The van der Waals surface area contributed by atoms with E-state index in [1.54, 1.807) is 18.2 Å². The normalized spacial score (nSPS) is 14.1. The van der Waals surface area contributed by atoms with Crippen LogP contribution in [0, 0.1) is 13.8 Å². The highest BCUT2D eigenvalue weighted by atomic mass is 35.5. The molecule has 1 aliphatic rings. The predicted octanol–water partition coefficient (Wildman–Crippen LogP) is 5.05. The maximum absolute atomic E-state index is 6.42. The number of nitrogen functional groups attached to an aromatic ring is 1. The molecule has 1 aliphatic heterocycles. The molecule has 0 amide bonds. The average Bonchev–Trinajstić information content (AvgIpc) is 2.74. The second-order valence-corrected chi connectivity index (χ2v) is 8.25. The minimum Gasteiger partial charge on any atom is -0.393 e. The van der Waals surface area contributed by atoms with E-state index in [0.29, 0.717) is 27.2 Å². The second kappa shape index (κ2) is 8.58. The summed E-state index contributed by atoms with van der Waals surface area (Å²) in [5.41, 5.74) is 11.6. The zero-order valence-corrected chi connectivity index (χ0v) is 18.5. The molecule has 30 heavy (non-hydrogen) atoms. The lowest BCUT2D eigenvalue weighted by molar-refractivity contribution is 0.646. The summed E-state index contributed by atoms with van der Waals surface area (Å²) in [5, 5.41) is 4.27. The zero-order valence-electron chi connectivity index (χ0n) is 17.0. The minimum atomic E-state index is 0.503. The van der Waals surface area contributed by atoms with E-state index in [1.165, 1.54) is 23.1 Å². The maximum atomic E-state index is 6.42. The van der Waals surface area contributed by atoms with Gasteiger partial charge in [0.25, 0.3) is 0 Å². The van der Waals surface area contributed by atoms with Crippen LogP contribution < -0.4 is 20.9 Å². The molecule has 1 aromatic heterocycles. The van der Waals surface area contributed by atoms with Gasteiger partial charge in [-0.25, -0.2) is 9.97 Å². The number of nitrogens with two attached hydrogens (primary N) is 1. The van der Waals surface area contributed by atoms with Crippen molar-refractivity contribution >= 4 is 51.9 Å². The maximum Gasteiger partial charge on any atom is 0.159 e. The van der Waals surface area contributed by atoms with Crippen molar-refractivity contribution in [1.29, 1.82) is 0 Å². The fourth-order valence-electron chi connectivity index (χ4n) is 3.69. The molecular weight excluding hydrogens is 419 g/mol. The van der Waals surface area contributed by atoms with Crippen LogP contribution in [0.1, 0.15) is 11.1 Å². The van der Waals surface area contributed by atoms with E-state index in [2.05, 4.69) is 57.1 Å². The molecule has 0 bridgehead atoms. The Morgan fingerprint density at radius 2 is 1.70 bits per heavy atom. The van der Waals surface area contributed by atoms with Crippen molar-refractivity contribution in [2.75, 3.05) is 47.0 Å². The summed E-state index contributed by atoms with van der Waals surface area (Å²) in [6, 6.07) is 11.7. The highest BCUT2D eigenvalue weighted by Gasteiger charge is 2.22. The number of halogens is 2. The molecule has 0 saturated carbocycles. The highest BCUT2D eigenvalue weighted by Crippen LogP contribution is 2.33. The van der Waals surface area contributed by atoms with Crippen LogP contribution in [0.4, 0.5) is 28.7 Å². The van der Waals surface area contributed by atoms with E-state index in [0.717, 1.165) is 32.0 Å². The van der Waals surface area contributed by atoms with Gasteiger partial charge in [-0.15, -0.1) is 0 Å². The van der Waals surface area contributed by atoms with E-state index >= 15 is 0 Å². The monoisotopic (exact) mass is 442 g/mol. The van der Waals surface area contributed by atoms with Crippen LogP contribution in [0.2, 0.25) is 10.0 Å². The molecule has 6 nitrogen and oxygen atoms in total. The van der Waals surface area contributed by atoms with E-state index < -0.39 is 0 Å². The quantitative estimate of drug-likeness (QED) is 0.588. The van der Waals surface area contributed by atoms with Gasteiger partial charge in [0, 0.05) is 36.9 Å². The molecule has 0 aliphatic carbocycles. The molecule has 0 atom stereocenters. The van der Waals surface area contributed by atoms with Gasteiger partial charge in [-0.1, -0.05) is 35.3 Å². The van der Waals surface area contributed by atoms with Gasteiger partial charge < -0.3 is 20.9 Å². The molecule has 3 N–H and O–H groups in total. The first-order valence-electron chi connectivity index (χ1n) is 9.82. The van der Waals surface area contributed by atoms with Crippen LogP contribution in [0.5, 0.6) is 0 Å². The third-order valence-electron chi connectivity index (χ3n) is 5.54. The lowest BCUT2D eigenvalue weighted by Crippen LogP contribution is -2.47. The van der Waals surface area contributed by atoms with Crippen molar-refractivity contribution in [3.8, 4) is 0 Å². The largest absolute Gasteiger partial charge is 0.393 e. The van der Waals surface area contributed by atoms with Gasteiger partial charge in [-0.3, -0.25) is 0 Å². The first-order valence-corrected chi connectivity index (χ1v) is 10.6. The van der Waals surface area contributed by atoms with E-state index in [-0.39, 0.29) is 0 Å². The standard InChI is InChI=1S/C22H24Cl2N6/c1-14-4-3-5-19(15(14)2)29-8-10-30(11-9-29)22-20(25)21(26-13-27-22)28-18-7-6-16(23)12-17(18)24/h3-7,12-13H,8-11,25H2,1-2H3,(H,26,27,28). The van der Waals surface area contributed by atoms with Crippen molar-refractivity contribution in [1.82, 2.24) is 9.97 Å². The van der Waals surface area contributed by atoms with Crippen LogP contribution in [0.15, 0.2) is 42.7 Å². The summed E-state index contributed by atoms with van der Waals surface area (Å²) >= 11 is 12.3. The van der Waals surface area contributed by atoms with Gasteiger partial charge in [0.1, 0.15) is 12.0 Å². The van der Waals surface area contributed by atoms with Crippen LogP contribution in [-0.4, -0.2) is 36.1 Å². The van der Waals surface area contributed by atoms with Crippen molar-refractivity contribution in [2.24, 2.45) is 0 Å². The van der Waals surface area contributed by atoms with Crippen molar-refractivity contribution in [3.05, 3.63) is 63.9 Å². The van der Waals surface area contributed by atoms with Crippen LogP contribution in [0.3, 0.4) is 0 Å². The molecule has 0 radical (unpaired) electrons. The smallest absolute Gasteiger partial charge is 0.159 e. The Hall–Kier alpha value is -2.70. The molecule has 0 spiro atoms. The molecule has 2 heterocycles. The molecule has 3 aromatic rings. The van der Waals surface area contributed by atoms with Crippen molar-refractivity contribution < 1.29 is 0 Å². The molecule has 0 unspecified atom stereocenters. The number of rotatable bonds is 4. The van der Waals surface area contributed by atoms with E-state index in [9.17, 15) is 0 Å². The molecular formula is C22H24Cl2N6. The molecule has 2 aromatic carbocycles. The molecule has 4 rings (SSSR count). The van der Waals surface area contributed by atoms with Gasteiger partial charge in [0.15, 0.2) is 11.6 Å². The van der Waals surface area contributed by atoms with Gasteiger partial charge in [-0.2, -0.15) is 0 Å². The minimum absolute atomic E-state index is 0.503. The third-order valence-corrected chi connectivity index (χ3v) is 6.09. The number of hydrogen-bond donors (Lipinski definition) is 2. The van der Waals surface area contributed by atoms with Crippen LogP contribution >= 0.6 is 23.2 Å². The number of nitrogens with one attached hydrogen (secondary N) is 1. The Balaban J connectivity index is 1.50. The Morgan fingerprint density at radius 1 is 0.967 bits per heavy atom. The van der Waals surface area contributed by atoms with Gasteiger partial charge in [0.2, 0.25) is 0 Å². The number of aryl methyl sites for hydroxylation is 1. The van der Waals surface area contributed by atoms with Gasteiger partial charge in [0.05, 0.1) is 10.7 Å². The SMILES string of the molecule is Cc1cccc(N2CCN(c3ncnc(Nc4ccc(Cl)cc4Cl)c3N)CC2)c1C. The molecule has 1 fully saturated rings. The fourth-order valence-corrected chi connectivity index (χ4v) is 4.15. The van der Waals surface area contributed by atoms with Crippen LogP contribution in [-0.2, 0) is 0 Å². The van der Waals surface area contributed by atoms with Gasteiger partial charge >= 0.3 is 0 Å². The number of benzene rings is 2. The zero-order chi connectivity index (χ0) is 21.3. The number of hydrogen-bond acceptors (Lipinski definition) is 6. The average molecular weight is 443 g/mol. The number of aromatic nitrogens is 2. The topological polar surface area (TPSA) is 70.3 Å². The Morgan fingerprint density at radius 3 is 2.43 bits per heavy atom. The fraction of sp³-hybridized carbons (Fsp3) is 0.273. The van der Waals surface area contributed by atoms with E-state index in [1.807, 2.05) is 0 Å². The third kappa shape index (κ3) is 4.11. The molecule has 8 heteroatoms. The highest BCUT2D eigenvalue weighted by molar-refractivity contribution is 6.36. The van der Waals surface area contributed by atoms with E-state index in [4.69, 9.17) is 28.9 Å². The Kier molecular flexibility index (Phi) is 5.88. The summed E-state index contributed by atoms with van der Waals surface area (Å²) in [7, 11) is 0. The lowest BCUT2D eigenvalue weighted by atomic mass is 10.1. The summed E-state index contributed by atoms with van der Waals surface area (Å²) in [6.07, 6.45) is 1.52.